The van der Waals surface area contributed by atoms with Gasteiger partial charge in [-0.3, -0.25) is 9.00 Å². The number of nitrogens with two attached hydrogens (primary N) is 1. The van der Waals surface area contributed by atoms with Gasteiger partial charge in [0.1, 0.15) is 0 Å². The van der Waals surface area contributed by atoms with Gasteiger partial charge in [-0.15, -0.1) is 0 Å². The summed E-state index contributed by atoms with van der Waals surface area (Å²) in [5, 5.41) is 7.57. The Morgan fingerprint density at radius 2 is 2.05 bits per heavy atom. The largest absolute Gasteiger partial charge is 0.351 e. The van der Waals surface area contributed by atoms with Crippen molar-refractivity contribution in [1.29, 1.82) is 0 Å². The number of nitrogens with one attached hydrogen (secondary N) is 1. The summed E-state index contributed by atoms with van der Waals surface area (Å²) in [6, 6.07) is 4.24. The maximum atomic E-state index is 12.2. The molecule has 0 fully saturated rings. The summed E-state index contributed by atoms with van der Waals surface area (Å²) in [5.74, 6) is -0.394. The summed E-state index contributed by atoms with van der Waals surface area (Å²) < 4.78 is 34.0. The first-order chi connectivity index (χ1) is 9.66. The second-order valence-electron chi connectivity index (χ2n) is 4.74. The summed E-state index contributed by atoms with van der Waals surface area (Å²) in [7, 11) is -4.90. The molecule has 0 bridgehead atoms. The Kier molecular flexibility index (Phi) is 6.06. The summed E-state index contributed by atoms with van der Waals surface area (Å²) in [4.78, 5) is 12.1. The second-order valence-corrected chi connectivity index (χ2v) is 8.10. The number of primary sulfonamides is 1. The Balaban J connectivity index is 3.04. The Bertz CT molecular complexity index is 656. The van der Waals surface area contributed by atoms with Crippen molar-refractivity contribution in [2.45, 2.75) is 30.4 Å². The number of rotatable bonds is 6. The number of hydrogen-bond donors (Lipinski definition) is 2. The molecule has 8 heteroatoms. The standard InChI is InChI=1S/C13H20N2O4S2/c1-4-10-5-6-11(21(14,18)19)7-12(10)13(16)15-8-9(2)20(3)17/h5-7,9H,4,8H2,1-3H3,(H,15,16)(H2,14,18,19). The van der Waals surface area contributed by atoms with Crippen LogP contribution in [-0.2, 0) is 27.2 Å². The van der Waals surface area contributed by atoms with Crippen molar-refractivity contribution in [3.63, 3.8) is 0 Å². The van der Waals surface area contributed by atoms with Crippen molar-refractivity contribution in [3.8, 4) is 0 Å². The van der Waals surface area contributed by atoms with Gasteiger partial charge in [-0.2, -0.15) is 0 Å². The molecule has 2 unspecified atom stereocenters. The molecule has 0 spiro atoms. The van der Waals surface area contributed by atoms with E-state index in [0.717, 1.165) is 5.56 Å². The summed E-state index contributed by atoms with van der Waals surface area (Å²) >= 11 is 0. The van der Waals surface area contributed by atoms with E-state index in [-0.39, 0.29) is 22.3 Å². The van der Waals surface area contributed by atoms with Crippen molar-refractivity contribution >= 4 is 26.7 Å². The van der Waals surface area contributed by atoms with Crippen molar-refractivity contribution in [3.05, 3.63) is 29.3 Å². The van der Waals surface area contributed by atoms with E-state index in [4.69, 9.17) is 5.14 Å². The van der Waals surface area contributed by atoms with Gasteiger partial charge >= 0.3 is 0 Å². The SMILES string of the molecule is CCc1ccc(S(N)(=O)=O)cc1C(=O)NCC(C)S(C)=O. The molecular formula is C13H20N2O4S2. The van der Waals surface area contributed by atoms with E-state index in [1.54, 1.807) is 19.2 Å². The topological polar surface area (TPSA) is 106 Å². The predicted molar refractivity (Wildman–Crippen MR) is 83.1 cm³/mol. The molecule has 0 aliphatic heterocycles. The van der Waals surface area contributed by atoms with Crippen molar-refractivity contribution in [1.82, 2.24) is 5.32 Å². The minimum Gasteiger partial charge on any atom is -0.351 e. The number of benzene rings is 1. The average Bonchev–Trinajstić information content (AvgIpc) is 2.42. The van der Waals surface area contributed by atoms with Gasteiger partial charge in [0, 0.05) is 34.4 Å². The van der Waals surface area contributed by atoms with Gasteiger partial charge in [0.2, 0.25) is 10.0 Å². The second kappa shape index (κ2) is 7.15. The highest BCUT2D eigenvalue weighted by Gasteiger charge is 2.17. The number of carbonyl (C=O) groups excluding carboxylic acids is 1. The zero-order valence-corrected chi connectivity index (χ0v) is 13.9. The number of hydrogen-bond acceptors (Lipinski definition) is 4. The molecule has 6 nitrogen and oxygen atoms in total. The Labute approximate surface area is 127 Å². The van der Waals surface area contributed by atoms with Crippen LogP contribution in [0.25, 0.3) is 0 Å². The van der Waals surface area contributed by atoms with E-state index in [1.165, 1.54) is 12.1 Å². The lowest BCUT2D eigenvalue weighted by atomic mass is 10.0. The molecule has 1 amide bonds. The molecular weight excluding hydrogens is 312 g/mol. The Morgan fingerprint density at radius 1 is 1.43 bits per heavy atom. The molecule has 0 saturated heterocycles. The van der Waals surface area contributed by atoms with E-state index in [0.29, 0.717) is 6.42 Å². The van der Waals surface area contributed by atoms with Gasteiger partial charge in [-0.25, -0.2) is 13.6 Å². The normalized spacial score (nSPS) is 14.5. The fourth-order valence-electron chi connectivity index (χ4n) is 1.70. The van der Waals surface area contributed by atoms with Gasteiger partial charge in [0.25, 0.3) is 5.91 Å². The van der Waals surface area contributed by atoms with Crippen LogP contribution in [-0.4, -0.2) is 36.6 Å². The van der Waals surface area contributed by atoms with E-state index in [1.807, 2.05) is 6.92 Å². The smallest absolute Gasteiger partial charge is 0.251 e. The molecule has 0 aromatic heterocycles. The zero-order valence-electron chi connectivity index (χ0n) is 12.3. The maximum Gasteiger partial charge on any atom is 0.251 e. The third-order valence-corrected chi connectivity index (χ3v) is 5.36. The van der Waals surface area contributed by atoms with Gasteiger partial charge in [-0.05, 0) is 31.0 Å². The number of aryl methyl sites for hydroxylation is 1. The van der Waals surface area contributed by atoms with Crippen LogP contribution in [0, 0.1) is 0 Å². The molecule has 21 heavy (non-hydrogen) atoms. The van der Waals surface area contributed by atoms with Crippen LogP contribution in [0.5, 0.6) is 0 Å². The Morgan fingerprint density at radius 3 is 2.52 bits per heavy atom. The number of amides is 1. The van der Waals surface area contributed by atoms with Crippen LogP contribution >= 0.6 is 0 Å². The number of sulfonamides is 1. The first kappa shape index (κ1) is 17.8. The highest BCUT2D eigenvalue weighted by molar-refractivity contribution is 7.89. The minimum atomic E-state index is -3.86. The molecule has 0 saturated carbocycles. The van der Waals surface area contributed by atoms with E-state index in [9.17, 15) is 17.4 Å². The predicted octanol–water partition coefficient (Wildman–Crippen LogP) is 0.393. The van der Waals surface area contributed by atoms with Gasteiger partial charge in [0.15, 0.2) is 0 Å². The van der Waals surface area contributed by atoms with Crippen LogP contribution < -0.4 is 10.5 Å². The molecule has 1 aromatic rings. The quantitative estimate of drug-likeness (QED) is 0.786. The van der Waals surface area contributed by atoms with Gasteiger partial charge in [0.05, 0.1) is 4.90 Å². The van der Waals surface area contributed by atoms with Gasteiger partial charge < -0.3 is 5.32 Å². The van der Waals surface area contributed by atoms with Crippen molar-refractivity contribution in [2.24, 2.45) is 5.14 Å². The van der Waals surface area contributed by atoms with Crippen LogP contribution in [0.1, 0.15) is 29.8 Å². The maximum absolute atomic E-state index is 12.2. The molecule has 0 radical (unpaired) electrons. The molecule has 0 heterocycles. The first-order valence-electron chi connectivity index (χ1n) is 6.43. The summed E-state index contributed by atoms with van der Waals surface area (Å²) in [6.07, 6.45) is 2.15. The van der Waals surface area contributed by atoms with Gasteiger partial charge in [-0.1, -0.05) is 13.0 Å². The van der Waals surface area contributed by atoms with E-state index < -0.39 is 26.7 Å². The van der Waals surface area contributed by atoms with Crippen LogP contribution in [0.2, 0.25) is 0 Å². The lowest BCUT2D eigenvalue weighted by Gasteiger charge is -2.13. The molecule has 0 aliphatic carbocycles. The van der Waals surface area contributed by atoms with Crippen LogP contribution in [0.3, 0.4) is 0 Å². The Hall–Kier alpha value is -1.25. The fourth-order valence-corrected chi connectivity index (χ4v) is 2.56. The summed E-state index contributed by atoms with van der Waals surface area (Å²) in [5.41, 5.74) is 1.00. The van der Waals surface area contributed by atoms with E-state index in [2.05, 4.69) is 5.32 Å². The molecule has 1 rings (SSSR count). The average molecular weight is 332 g/mol. The zero-order chi connectivity index (χ0) is 16.2. The van der Waals surface area contributed by atoms with Crippen LogP contribution in [0.4, 0.5) is 0 Å². The molecule has 1 aromatic carbocycles. The molecule has 2 atom stereocenters. The highest BCUT2D eigenvalue weighted by Crippen LogP contribution is 2.16. The molecule has 118 valence electrons. The summed E-state index contributed by atoms with van der Waals surface area (Å²) in [6.45, 7) is 3.88. The molecule has 3 N–H and O–H groups in total. The number of carbonyl (C=O) groups is 1. The molecule has 0 aliphatic rings. The first-order valence-corrected chi connectivity index (χ1v) is 9.59. The van der Waals surface area contributed by atoms with Crippen molar-refractivity contribution in [2.75, 3.05) is 12.8 Å². The third-order valence-electron chi connectivity index (χ3n) is 3.15. The van der Waals surface area contributed by atoms with Crippen molar-refractivity contribution < 1.29 is 17.4 Å². The third kappa shape index (κ3) is 4.90. The van der Waals surface area contributed by atoms with Crippen LogP contribution in [0.15, 0.2) is 23.1 Å². The monoisotopic (exact) mass is 332 g/mol. The highest BCUT2D eigenvalue weighted by atomic mass is 32.2. The lowest BCUT2D eigenvalue weighted by Crippen LogP contribution is -2.33. The lowest BCUT2D eigenvalue weighted by molar-refractivity contribution is 0.0953. The van der Waals surface area contributed by atoms with E-state index >= 15 is 0 Å². The minimum absolute atomic E-state index is 0.100. The fraction of sp³-hybridized carbons (Fsp3) is 0.462.